The summed E-state index contributed by atoms with van der Waals surface area (Å²) in [5, 5.41) is 6.66. The molecule has 3 aromatic carbocycles. The number of para-hydroxylation sites is 2. The molecule has 8 heteroatoms. The normalized spacial score (nSPS) is 11.6. The minimum atomic E-state index is -0.405. The summed E-state index contributed by atoms with van der Waals surface area (Å²) >= 11 is 4.33. The summed E-state index contributed by atoms with van der Waals surface area (Å²) in [5.41, 5.74) is 2.32. The predicted octanol–water partition coefficient (Wildman–Crippen LogP) is 5.82. The molecule has 0 spiro atoms. The van der Waals surface area contributed by atoms with Gasteiger partial charge in [-0.25, -0.2) is 9.10 Å². The quantitative estimate of drug-likeness (QED) is 0.316. The lowest BCUT2D eigenvalue weighted by atomic mass is 10.2. The van der Waals surface area contributed by atoms with E-state index in [-0.39, 0.29) is 11.9 Å². The van der Waals surface area contributed by atoms with Crippen molar-refractivity contribution in [3.05, 3.63) is 90.2 Å². The van der Waals surface area contributed by atoms with Crippen LogP contribution in [0.25, 0.3) is 11.0 Å². The zero-order chi connectivity index (χ0) is 23.4. The molecular formula is C25H23N3O4S. The second kappa shape index (κ2) is 9.70. The first kappa shape index (κ1) is 22.3. The number of rotatable bonds is 6. The lowest BCUT2D eigenvalue weighted by molar-refractivity contribution is 0.102. The van der Waals surface area contributed by atoms with Gasteiger partial charge in [-0.15, -0.1) is 0 Å². The summed E-state index contributed by atoms with van der Waals surface area (Å²) in [6, 6.07) is 22.6. The summed E-state index contributed by atoms with van der Waals surface area (Å²) in [5.74, 6) is 0.851. The lowest BCUT2D eigenvalue weighted by Gasteiger charge is -2.19. The van der Waals surface area contributed by atoms with Crippen LogP contribution in [0.4, 0.5) is 16.2 Å². The number of urea groups is 1. The Morgan fingerprint density at radius 1 is 1.00 bits per heavy atom. The first-order chi connectivity index (χ1) is 16.0. The van der Waals surface area contributed by atoms with E-state index >= 15 is 0 Å². The maximum Gasteiger partial charge on any atom is 0.332 e. The third-order valence-corrected chi connectivity index (χ3v) is 5.54. The van der Waals surface area contributed by atoms with Gasteiger partial charge in [0, 0.05) is 11.1 Å². The highest BCUT2D eigenvalue weighted by molar-refractivity contribution is 7.82. The van der Waals surface area contributed by atoms with Gasteiger partial charge in [0.2, 0.25) is 0 Å². The molecule has 2 N–H and O–H groups in total. The van der Waals surface area contributed by atoms with Crippen LogP contribution in [0.2, 0.25) is 0 Å². The van der Waals surface area contributed by atoms with E-state index in [1.165, 1.54) is 11.4 Å². The number of furan rings is 1. The molecule has 1 aromatic heterocycles. The number of hydrogen-bond acceptors (Lipinski definition) is 5. The van der Waals surface area contributed by atoms with Gasteiger partial charge in [-0.2, -0.15) is 0 Å². The first-order valence-corrected chi connectivity index (χ1v) is 10.7. The smallest absolute Gasteiger partial charge is 0.332 e. The van der Waals surface area contributed by atoms with Crippen LogP contribution in [0.3, 0.4) is 0 Å². The van der Waals surface area contributed by atoms with Crippen LogP contribution in [0.15, 0.2) is 83.3 Å². The van der Waals surface area contributed by atoms with E-state index in [1.807, 2.05) is 37.3 Å². The molecule has 0 bridgehead atoms. The molecular weight excluding hydrogens is 438 g/mol. The number of fused-ring (bicyclic) bond motifs is 1. The van der Waals surface area contributed by atoms with Crippen LogP contribution >= 0.6 is 12.8 Å². The first-order valence-electron chi connectivity index (χ1n) is 10.3. The van der Waals surface area contributed by atoms with Crippen molar-refractivity contribution in [2.24, 2.45) is 0 Å². The number of anilines is 2. The average molecular weight is 462 g/mol. The number of carbonyl (C=O) groups is 2. The Bertz CT molecular complexity index is 1250. The highest BCUT2D eigenvalue weighted by Gasteiger charge is 2.19. The molecule has 3 amide bonds. The second-order valence-corrected chi connectivity index (χ2v) is 7.77. The fourth-order valence-corrected chi connectivity index (χ4v) is 3.56. The monoisotopic (exact) mass is 461 g/mol. The number of amides is 3. The van der Waals surface area contributed by atoms with Crippen LogP contribution in [0, 0.1) is 0 Å². The highest BCUT2D eigenvalue weighted by Crippen LogP contribution is 2.25. The summed E-state index contributed by atoms with van der Waals surface area (Å²) in [6.45, 7) is 1.84. The molecule has 0 aliphatic heterocycles. The van der Waals surface area contributed by atoms with Crippen molar-refractivity contribution in [1.29, 1.82) is 0 Å². The van der Waals surface area contributed by atoms with E-state index < -0.39 is 6.03 Å². The van der Waals surface area contributed by atoms with Crippen LogP contribution in [-0.4, -0.2) is 19.0 Å². The molecule has 1 unspecified atom stereocenters. The van der Waals surface area contributed by atoms with Crippen molar-refractivity contribution in [2.45, 2.75) is 13.0 Å². The molecule has 0 aliphatic rings. The Labute approximate surface area is 196 Å². The van der Waals surface area contributed by atoms with E-state index in [1.54, 1.807) is 48.5 Å². The number of carbonyl (C=O) groups excluding carboxylic acids is 2. The third kappa shape index (κ3) is 4.96. The van der Waals surface area contributed by atoms with Gasteiger partial charge in [0.05, 0.1) is 24.4 Å². The van der Waals surface area contributed by atoms with Crippen LogP contribution in [0.1, 0.15) is 29.1 Å². The summed E-state index contributed by atoms with van der Waals surface area (Å²) < 4.78 is 12.2. The zero-order valence-electron chi connectivity index (χ0n) is 18.1. The zero-order valence-corrected chi connectivity index (χ0v) is 19.0. The molecule has 33 heavy (non-hydrogen) atoms. The number of hydrogen-bond donors (Lipinski definition) is 3. The molecule has 0 aliphatic carbocycles. The molecule has 4 aromatic rings. The van der Waals surface area contributed by atoms with Crippen molar-refractivity contribution < 1.29 is 18.7 Å². The van der Waals surface area contributed by atoms with Crippen molar-refractivity contribution in [1.82, 2.24) is 5.32 Å². The van der Waals surface area contributed by atoms with Crippen LogP contribution < -0.4 is 19.7 Å². The van der Waals surface area contributed by atoms with Gasteiger partial charge in [0.1, 0.15) is 17.1 Å². The Morgan fingerprint density at radius 2 is 1.70 bits per heavy atom. The fourth-order valence-electron chi connectivity index (χ4n) is 3.37. The third-order valence-electron chi connectivity index (χ3n) is 5.13. The average Bonchev–Trinajstić information content (AvgIpc) is 3.28. The van der Waals surface area contributed by atoms with Crippen molar-refractivity contribution in [3.63, 3.8) is 0 Å². The van der Waals surface area contributed by atoms with Crippen LogP contribution in [-0.2, 0) is 0 Å². The molecule has 7 nitrogen and oxygen atoms in total. The Balaban J connectivity index is 1.39. The number of benzene rings is 3. The standard InChI is InChI=1S/C25H23N3O4S/c1-16(23-15-17-7-3-5-9-21(17)32-23)26-25(30)28(33)19-13-11-18(12-14-19)27-24(29)20-8-4-6-10-22(20)31-2/h3-16,33H,1-2H3,(H,26,30)(H,27,29). The molecule has 168 valence electrons. The molecule has 1 heterocycles. The van der Waals surface area contributed by atoms with Gasteiger partial charge >= 0.3 is 6.03 Å². The fraction of sp³-hybridized carbons (Fsp3) is 0.120. The van der Waals surface area contributed by atoms with Crippen molar-refractivity contribution in [3.8, 4) is 5.75 Å². The minimum Gasteiger partial charge on any atom is -0.496 e. The predicted molar refractivity (Wildman–Crippen MR) is 132 cm³/mol. The topological polar surface area (TPSA) is 83.8 Å². The van der Waals surface area contributed by atoms with E-state index in [4.69, 9.17) is 9.15 Å². The van der Waals surface area contributed by atoms with Gasteiger partial charge in [-0.3, -0.25) is 4.79 Å². The Kier molecular flexibility index (Phi) is 6.55. The molecule has 0 saturated carbocycles. The number of methoxy groups -OCH3 is 1. The second-order valence-electron chi connectivity index (χ2n) is 7.37. The van der Waals surface area contributed by atoms with Gasteiger partial charge < -0.3 is 19.8 Å². The molecule has 0 fully saturated rings. The Morgan fingerprint density at radius 3 is 2.42 bits per heavy atom. The summed E-state index contributed by atoms with van der Waals surface area (Å²) in [6.07, 6.45) is 0. The molecule has 1 atom stereocenters. The van der Waals surface area contributed by atoms with Crippen molar-refractivity contribution in [2.75, 3.05) is 16.7 Å². The van der Waals surface area contributed by atoms with E-state index in [9.17, 15) is 9.59 Å². The van der Waals surface area contributed by atoms with Gasteiger partial charge in [-0.05, 0) is 55.5 Å². The van der Waals surface area contributed by atoms with Crippen LogP contribution in [0.5, 0.6) is 5.75 Å². The minimum absolute atomic E-state index is 0.291. The van der Waals surface area contributed by atoms with E-state index in [0.29, 0.717) is 28.4 Å². The van der Waals surface area contributed by atoms with E-state index in [0.717, 1.165) is 11.0 Å². The number of nitrogens with one attached hydrogen (secondary N) is 2. The SMILES string of the molecule is COc1ccccc1C(=O)Nc1ccc(N(S)C(=O)NC(C)c2cc3ccccc3o2)cc1. The van der Waals surface area contributed by atoms with Gasteiger partial charge in [0.25, 0.3) is 5.91 Å². The van der Waals surface area contributed by atoms with Crippen molar-refractivity contribution >= 4 is 47.1 Å². The number of thiol groups is 1. The van der Waals surface area contributed by atoms with Gasteiger partial charge in [-0.1, -0.05) is 43.1 Å². The number of nitrogens with zero attached hydrogens (tertiary/aromatic N) is 1. The highest BCUT2D eigenvalue weighted by atomic mass is 32.1. The largest absolute Gasteiger partial charge is 0.496 e. The van der Waals surface area contributed by atoms with Gasteiger partial charge in [0.15, 0.2) is 0 Å². The summed E-state index contributed by atoms with van der Waals surface area (Å²) in [7, 11) is 1.52. The Hall–Kier alpha value is -3.91. The molecule has 0 radical (unpaired) electrons. The number of ether oxygens (including phenoxy) is 1. The summed E-state index contributed by atoms with van der Waals surface area (Å²) in [4.78, 5) is 25.2. The maximum atomic E-state index is 12.7. The van der Waals surface area contributed by atoms with E-state index in [2.05, 4.69) is 23.4 Å². The lowest BCUT2D eigenvalue weighted by Crippen LogP contribution is -2.35. The maximum absolute atomic E-state index is 12.7. The molecule has 0 saturated heterocycles. The molecule has 4 rings (SSSR count).